The average molecular weight is 319 g/mol. The molecule has 0 spiro atoms. The lowest BCUT2D eigenvalue weighted by atomic mass is 10.2. The van der Waals surface area contributed by atoms with Crippen LogP contribution in [0.25, 0.3) is 16.6 Å². The Balaban J connectivity index is 1.72. The molecule has 0 saturated carbocycles. The fourth-order valence-electron chi connectivity index (χ4n) is 2.51. The Bertz CT molecular complexity index is 1040. The van der Waals surface area contributed by atoms with E-state index < -0.39 is 0 Å². The normalized spacial score (nSPS) is 10.9. The lowest BCUT2D eigenvalue weighted by molar-refractivity contribution is 0.102. The number of aromatic nitrogens is 4. The van der Waals surface area contributed by atoms with E-state index in [0.717, 1.165) is 16.6 Å². The van der Waals surface area contributed by atoms with Gasteiger partial charge in [0.2, 0.25) is 0 Å². The van der Waals surface area contributed by atoms with Crippen molar-refractivity contribution in [3.63, 3.8) is 0 Å². The zero-order chi connectivity index (χ0) is 16.5. The number of benzene rings is 1. The van der Waals surface area contributed by atoms with E-state index in [4.69, 9.17) is 4.74 Å². The summed E-state index contributed by atoms with van der Waals surface area (Å²) in [5.41, 5.74) is 2.08. The third-order valence-corrected chi connectivity index (χ3v) is 3.73. The van der Waals surface area contributed by atoms with Gasteiger partial charge in [-0.1, -0.05) is 0 Å². The first kappa shape index (κ1) is 14.1. The molecule has 4 rings (SSSR count). The van der Waals surface area contributed by atoms with E-state index in [2.05, 4.69) is 20.4 Å². The van der Waals surface area contributed by atoms with Crippen LogP contribution < -0.4 is 10.1 Å². The van der Waals surface area contributed by atoms with E-state index in [9.17, 15) is 4.79 Å². The molecule has 0 bridgehead atoms. The first-order valence-corrected chi connectivity index (χ1v) is 7.29. The third kappa shape index (κ3) is 2.32. The van der Waals surface area contributed by atoms with Crippen molar-refractivity contribution in [1.82, 2.24) is 19.6 Å². The summed E-state index contributed by atoms with van der Waals surface area (Å²) in [5, 5.41) is 7.79. The van der Waals surface area contributed by atoms with Crippen LogP contribution in [0.1, 0.15) is 10.4 Å². The molecule has 0 unspecified atom stereocenters. The van der Waals surface area contributed by atoms with Crippen LogP contribution in [0.5, 0.6) is 5.75 Å². The molecule has 0 radical (unpaired) electrons. The maximum Gasteiger partial charge on any atom is 0.256 e. The molecule has 0 aliphatic carbocycles. The zero-order valence-electron chi connectivity index (χ0n) is 12.8. The highest BCUT2D eigenvalue weighted by molar-refractivity contribution is 6.07. The molecule has 3 heterocycles. The van der Waals surface area contributed by atoms with Crippen molar-refractivity contribution in [2.45, 2.75) is 0 Å². The zero-order valence-corrected chi connectivity index (χ0v) is 12.8. The SMILES string of the molecule is COc1ccc(C(=O)Nc2nccc3c2cnc2ccnn23)cc1. The second-order valence-electron chi connectivity index (χ2n) is 5.13. The summed E-state index contributed by atoms with van der Waals surface area (Å²) in [4.78, 5) is 21.0. The number of amides is 1. The predicted octanol–water partition coefficient (Wildman–Crippen LogP) is 2.54. The number of anilines is 1. The van der Waals surface area contributed by atoms with Crippen molar-refractivity contribution in [3.05, 3.63) is 60.6 Å². The quantitative estimate of drug-likeness (QED) is 0.627. The monoisotopic (exact) mass is 319 g/mol. The van der Waals surface area contributed by atoms with Gasteiger partial charge in [-0.05, 0) is 30.3 Å². The Morgan fingerprint density at radius 3 is 2.71 bits per heavy atom. The van der Waals surface area contributed by atoms with Crippen LogP contribution in [0, 0.1) is 0 Å². The highest BCUT2D eigenvalue weighted by Gasteiger charge is 2.12. The smallest absolute Gasteiger partial charge is 0.256 e. The minimum absolute atomic E-state index is 0.252. The molecule has 24 heavy (non-hydrogen) atoms. The number of pyridine rings is 1. The molecule has 4 aromatic rings. The Kier molecular flexibility index (Phi) is 3.31. The Labute approximate surface area is 136 Å². The summed E-state index contributed by atoms with van der Waals surface area (Å²) in [6.07, 6.45) is 4.99. The number of rotatable bonds is 3. The fraction of sp³-hybridized carbons (Fsp3) is 0.0588. The Hall–Kier alpha value is -3.48. The van der Waals surface area contributed by atoms with Crippen molar-refractivity contribution in [1.29, 1.82) is 0 Å². The lowest BCUT2D eigenvalue weighted by Crippen LogP contribution is -2.13. The number of carbonyl (C=O) groups excluding carboxylic acids is 1. The molecule has 1 N–H and O–H groups in total. The van der Waals surface area contributed by atoms with Crippen LogP contribution in [0.15, 0.2) is 55.0 Å². The summed E-state index contributed by atoms with van der Waals surface area (Å²) in [6.45, 7) is 0. The number of methoxy groups -OCH3 is 1. The number of carbonyl (C=O) groups is 1. The maximum atomic E-state index is 12.4. The Morgan fingerprint density at radius 2 is 1.92 bits per heavy atom. The van der Waals surface area contributed by atoms with Crippen LogP contribution in [0.2, 0.25) is 0 Å². The standard InChI is InChI=1S/C17H13N5O2/c1-24-12-4-2-11(3-5-12)17(23)21-16-13-10-19-15-7-9-20-22(15)14(13)6-8-18-16/h2-10H,1H3,(H,18,21,23). The second kappa shape index (κ2) is 5.62. The van der Waals surface area contributed by atoms with Crippen LogP contribution in [-0.2, 0) is 0 Å². The van der Waals surface area contributed by atoms with E-state index in [1.165, 1.54) is 0 Å². The molecular formula is C17H13N5O2. The number of nitrogens with one attached hydrogen (secondary N) is 1. The van der Waals surface area contributed by atoms with E-state index in [1.807, 2.05) is 12.1 Å². The van der Waals surface area contributed by atoms with Gasteiger partial charge in [0.1, 0.15) is 11.6 Å². The highest BCUT2D eigenvalue weighted by atomic mass is 16.5. The van der Waals surface area contributed by atoms with E-state index in [0.29, 0.717) is 17.1 Å². The number of fused-ring (bicyclic) bond motifs is 3. The van der Waals surface area contributed by atoms with Gasteiger partial charge in [-0.2, -0.15) is 5.10 Å². The largest absolute Gasteiger partial charge is 0.497 e. The van der Waals surface area contributed by atoms with Gasteiger partial charge in [0.25, 0.3) is 5.91 Å². The molecule has 3 aromatic heterocycles. The predicted molar refractivity (Wildman–Crippen MR) is 89.2 cm³/mol. The first-order chi connectivity index (χ1) is 11.8. The fourth-order valence-corrected chi connectivity index (χ4v) is 2.51. The minimum atomic E-state index is -0.252. The molecule has 0 atom stereocenters. The van der Waals surface area contributed by atoms with Crippen molar-refractivity contribution >= 4 is 28.3 Å². The molecule has 118 valence electrons. The molecular weight excluding hydrogens is 306 g/mol. The number of hydrogen-bond acceptors (Lipinski definition) is 5. The third-order valence-electron chi connectivity index (χ3n) is 3.73. The molecule has 7 heteroatoms. The second-order valence-corrected chi connectivity index (χ2v) is 5.13. The van der Waals surface area contributed by atoms with E-state index in [-0.39, 0.29) is 5.91 Å². The molecule has 0 saturated heterocycles. The number of hydrogen-bond donors (Lipinski definition) is 1. The topological polar surface area (TPSA) is 81.4 Å². The van der Waals surface area contributed by atoms with Crippen LogP contribution in [-0.4, -0.2) is 32.6 Å². The number of ether oxygens (including phenoxy) is 1. The van der Waals surface area contributed by atoms with Crippen LogP contribution in [0.4, 0.5) is 5.82 Å². The van der Waals surface area contributed by atoms with Gasteiger partial charge in [0, 0.05) is 24.0 Å². The van der Waals surface area contributed by atoms with E-state index >= 15 is 0 Å². The summed E-state index contributed by atoms with van der Waals surface area (Å²) in [6, 6.07) is 10.5. The summed E-state index contributed by atoms with van der Waals surface area (Å²) >= 11 is 0. The van der Waals surface area contributed by atoms with Crippen molar-refractivity contribution in [2.24, 2.45) is 0 Å². The van der Waals surface area contributed by atoms with Gasteiger partial charge >= 0.3 is 0 Å². The minimum Gasteiger partial charge on any atom is -0.497 e. The van der Waals surface area contributed by atoms with Gasteiger partial charge in [0.05, 0.1) is 24.2 Å². The van der Waals surface area contributed by atoms with Crippen LogP contribution >= 0.6 is 0 Å². The molecule has 7 nitrogen and oxygen atoms in total. The van der Waals surface area contributed by atoms with Gasteiger partial charge in [-0.25, -0.2) is 14.5 Å². The molecule has 1 aromatic carbocycles. The van der Waals surface area contributed by atoms with Gasteiger partial charge in [-0.15, -0.1) is 0 Å². The number of nitrogens with zero attached hydrogens (tertiary/aromatic N) is 4. The first-order valence-electron chi connectivity index (χ1n) is 7.29. The summed E-state index contributed by atoms with van der Waals surface area (Å²) < 4.78 is 6.80. The molecule has 0 aliphatic heterocycles. The molecule has 0 fully saturated rings. The maximum absolute atomic E-state index is 12.4. The molecule has 0 aliphatic rings. The van der Waals surface area contributed by atoms with Crippen LogP contribution in [0.3, 0.4) is 0 Å². The van der Waals surface area contributed by atoms with E-state index in [1.54, 1.807) is 54.5 Å². The Morgan fingerprint density at radius 1 is 1.08 bits per heavy atom. The lowest BCUT2D eigenvalue weighted by Gasteiger charge is -2.08. The van der Waals surface area contributed by atoms with Gasteiger partial charge < -0.3 is 10.1 Å². The van der Waals surface area contributed by atoms with Crippen molar-refractivity contribution in [2.75, 3.05) is 12.4 Å². The average Bonchev–Trinajstić information content (AvgIpc) is 3.11. The highest BCUT2D eigenvalue weighted by Crippen LogP contribution is 2.21. The summed E-state index contributed by atoms with van der Waals surface area (Å²) in [7, 11) is 1.58. The van der Waals surface area contributed by atoms with Crippen molar-refractivity contribution < 1.29 is 9.53 Å². The van der Waals surface area contributed by atoms with Gasteiger partial charge in [0.15, 0.2) is 5.65 Å². The van der Waals surface area contributed by atoms with Crippen molar-refractivity contribution in [3.8, 4) is 5.75 Å². The van der Waals surface area contributed by atoms with Gasteiger partial charge in [-0.3, -0.25) is 4.79 Å². The summed E-state index contributed by atoms with van der Waals surface area (Å²) in [5.74, 6) is 0.886. The molecule has 1 amide bonds.